The van der Waals surface area contributed by atoms with E-state index in [1.165, 1.54) is 5.01 Å². The zero-order valence-corrected chi connectivity index (χ0v) is 24.2. The van der Waals surface area contributed by atoms with E-state index < -0.39 is 11.9 Å². The molecule has 3 atom stereocenters. The van der Waals surface area contributed by atoms with Crippen LogP contribution in [0.2, 0.25) is 0 Å². The molecule has 2 aromatic carbocycles. The van der Waals surface area contributed by atoms with Crippen LogP contribution in [0.25, 0.3) is 0 Å². The van der Waals surface area contributed by atoms with Gasteiger partial charge in [-0.15, -0.1) is 0 Å². The number of anilines is 2. The quantitative estimate of drug-likeness (QED) is 0.230. The maximum absolute atomic E-state index is 13.5. The number of hydrogen-bond donors (Lipinski definition) is 2. The highest BCUT2D eigenvalue weighted by atomic mass is 16.6. The van der Waals surface area contributed by atoms with E-state index in [1.54, 1.807) is 17.0 Å². The number of para-hydroxylation sites is 1. The first-order valence-corrected chi connectivity index (χ1v) is 14.5. The summed E-state index contributed by atoms with van der Waals surface area (Å²) >= 11 is 0. The van der Waals surface area contributed by atoms with Crippen molar-refractivity contribution in [2.75, 3.05) is 36.4 Å². The predicted octanol–water partition coefficient (Wildman–Crippen LogP) is 4.35. The Morgan fingerprint density at radius 2 is 1.83 bits per heavy atom. The Bertz CT molecular complexity index is 1250. The van der Waals surface area contributed by atoms with E-state index in [0.717, 1.165) is 49.2 Å². The number of ether oxygens (including phenoxy) is 1. The first-order chi connectivity index (χ1) is 19.6. The zero-order valence-electron chi connectivity index (χ0n) is 24.2. The molecular formula is C30H41N7O4. The maximum atomic E-state index is 13.5. The van der Waals surface area contributed by atoms with Gasteiger partial charge in [0.1, 0.15) is 11.6 Å². The van der Waals surface area contributed by atoms with Gasteiger partial charge >= 0.3 is 6.09 Å². The maximum Gasteiger partial charge on any atom is 0.410 e. The van der Waals surface area contributed by atoms with Gasteiger partial charge in [-0.25, -0.2) is 15.6 Å². The summed E-state index contributed by atoms with van der Waals surface area (Å²) in [5, 5.41) is 8.02. The molecule has 3 aliphatic rings. The Kier molecular flexibility index (Phi) is 8.46. The van der Waals surface area contributed by atoms with Crippen molar-refractivity contribution < 1.29 is 14.3 Å². The summed E-state index contributed by atoms with van der Waals surface area (Å²) in [6.45, 7) is 8.70. The van der Waals surface area contributed by atoms with E-state index in [1.807, 2.05) is 51.1 Å². The molecule has 3 N–H and O–H groups in total. The van der Waals surface area contributed by atoms with Crippen LogP contribution in [0.5, 0.6) is 0 Å². The standard InChI is InChI=1S/C30H41N7O4/c1-30(2,3)41-29(39)35-16-8-7-13-24(20-35)36-26-22(18-34-17-15-23(19-34)33-40)12-9-14-25(26)32-28(36)37(31)27(38)21-10-5-4-6-11-21/h4-6,9-12,14,23-24,28,32H,7-8,13,15-20,31H2,1-3H3/t23?,24-,28?/m1/s1. The third-order valence-electron chi connectivity index (χ3n) is 7.93. The number of carbonyl (C=O) groups is 2. The smallest absolute Gasteiger partial charge is 0.410 e. The monoisotopic (exact) mass is 563 g/mol. The number of nitrogens with two attached hydrogens (primary N) is 1. The molecular weight excluding hydrogens is 522 g/mol. The van der Waals surface area contributed by atoms with Crippen molar-refractivity contribution in [3.05, 3.63) is 64.6 Å². The summed E-state index contributed by atoms with van der Waals surface area (Å²) in [5.74, 6) is 6.31. The average molecular weight is 564 g/mol. The minimum absolute atomic E-state index is 0.123. The molecule has 2 saturated heterocycles. The molecule has 11 nitrogen and oxygen atoms in total. The van der Waals surface area contributed by atoms with Gasteiger partial charge < -0.3 is 19.9 Å². The molecule has 2 aromatic rings. The number of nitrogens with zero attached hydrogens (tertiary/aromatic N) is 5. The van der Waals surface area contributed by atoms with Gasteiger partial charge in [0.25, 0.3) is 5.91 Å². The number of fused-ring (bicyclic) bond motifs is 1. The molecule has 0 spiro atoms. The number of rotatable bonds is 6. The van der Waals surface area contributed by atoms with Crippen molar-refractivity contribution in [3.63, 3.8) is 0 Å². The molecule has 0 radical (unpaired) electrons. The summed E-state index contributed by atoms with van der Waals surface area (Å²) in [4.78, 5) is 44.1. The fourth-order valence-electron chi connectivity index (χ4n) is 6.02. The largest absolute Gasteiger partial charge is 0.444 e. The van der Waals surface area contributed by atoms with E-state index in [2.05, 4.69) is 26.4 Å². The number of amides is 2. The van der Waals surface area contributed by atoms with Crippen LogP contribution >= 0.6 is 0 Å². The molecule has 11 heteroatoms. The summed E-state index contributed by atoms with van der Waals surface area (Å²) in [7, 11) is 0. The van der Waals surface area contributed by atoms with Crippen LogP contribution < -0.4 is 16.1 Å². The van der Waals surface area contributed by atoms with Crippen molar-refractivity contribution >= 4 is 23.4 Å². The Balaban J connectivity index is 1.49. The second-order valence-electron chi connectivity index (χ2n) is 12.2. The lowest BCUT2D eigenvalue weighted by molar-refractivity contribution is 0.0243. The topological polar surface area (TPSA) is 124 Å². The van der Waals surface area contributed by atoms with Crippen LogP contribution in [0.4, 0.5) is 16.2 Å². The SMILES string of the molecule is CC(C)(C)OC(=O)N1CCCC[C@@H](N2c3c(CN4CCC(N=O)C4)cccc3NC2N(N)C(=O)c2ccccc2)C1. The number of hydrazine groups is 1. The van der Waals surface area contributed by atoms with Crippen molar-refractivity contribution in [2.45, 2.75) is 77.0 Å². The van der Waals surface area contributed by atoms with Crippen LogP contribution in [-0.4, -0.2) is 77.0 Å². The molecule has 5 rings (SSSR count). The molecule has 3 aliphatic heterocycles. The Morgan fingerprint density at radius 3 is 2.54 bits per heavy atom. The highest BCUT2D eigenvalue weighted by molar-refractivity contribution is 5.95. The zero-order chi connectivity index (χ0) is 29.1. The summed E-state index contributed by atoms with van der Waals surface area (Å²) in [5.41, 5.74) is 2.80. The van der Waals surface area contributed by atoms with Gasteiger partial charge in [-0.05, 0) is 70.2 Å². The first kappa shape index (κ1) is 28.8. The number of nitrogens with one attached hydrogen (secondary N) is 1. The van der Waals surface area contributed by atoms with Crippen molar-refractivity contribution in [1.82, 2.24) is 14.8 Å². The lowest BCUT2D eigenvalue weighted by atomic mass is 10.1. The number of hydrogen-bond acceptors (Lipinski definition) is 9. The average Bonchev–Trinajstić information content (AvgIpc) is 3.49. The second kappa shape index (κ2) is 12.0. The lowest BCUT2D eigenvalue weighted by Gasteiger charge is -2.40. The molecule has 0 bridgehead atoms. The van der Waals surface area contributed by atoms with E-state index >= 15 is 0 Å². The van der Waals surface area contributed by atoms with Crippen molar-refractivity contribution in [3.8, 4) is 0 Å². The normalized spacial score (nSPS) is 23.0. The highest BCUT2D eigenvalue weighted by Gasteiger charge is 2.42. The van der Waals surface area contributed by atoms with E-state index in [4.69, 9.17) is 10.6 Å². The minimum atomic E-state index is -0.662. The molecule has 0 aromatic heterocycles. The van der Waals surface area contributed by atoms with Crippen LogP contribution in [0.15, 0.2) is 53.7 Å². The fraction of sp³-hybridized carbons (Fsp3) is 0.533. The number of nitroso groups, excluding NO2 is 1. The Hall–Kier alpha value is -3.70. The Labute approximate surface area is 241 Å². The number of likely N-dealkylation sites (tertiary alicyclic amines) is 2. The molecule has 220 valence electrons. The van der Waals surface area contributed by atoms with Crippen LogP contribution in [0.3, 0.4) is 0 Å². The molecule has 0 saturated carbocycles. The number of carbonyl (C=O) groups excluding carboxylic acids is 2. The Morgan fingerprint density at radius 1 is 1.05 bits per heavy atom. The van der Waals surface area contributed by atoms with E-state index in [9.17, 15) is 14.5 Å². The first-order valence-electron chi connectivity index (χ1n) is 14.5. The minimum Gasteiger partial charge on any atom is -0.444 e. The molecule has 41 heavy (non-hydrogen) atoms. The van der Waals surface area contributed by atoms with Crippen LogP contribution in [0, 0.1) is 4.91 Å². The summed E-state index contributed by atoms with van der Waals surface area (Å²) in [6, 6.07) is 14.7. The van der Waals surface area contributed by atoms with Crippen LogP contribution in [-0.2, 0) is 11.3 Å². The molecule has 2 amide bonds. The van der Waals surface area contributed by atoms with Crippen molar-refractivity contribution in [2.24, 2.45) is 11.0 Å². The fourth-order valence-corrected chi connectivity index (χ4v) is 6.02. The molecule has 3 heterocycles. The van der Waals surface area contributed by atoms with Gasteiger partial charge in [-0.3, -0.25) is 9.69 Å². The van der Waals surface area contributed by atoms with E-state index in [0.29, 0.717) is 31.7 Å². The van der Waals surface area contributed by atoms with Crippen LogP contribution in [0.1, 0.15) is 62.4 Å². The third-order valence-corrected chi connectivity index (χ3v) is 7.93. The molecule has 2 fully saturated rings. The van der Waals surface area contributed by atoms with Gasteiger partial charge in [0.2, 0.25) is 0 Å². The van der Waals surface area contributed by atoms with Gasteiger partial charge in [0.15, 0.2) is 6.29 Å². The van der Waals surface area contributed by atoms with Gasteiger partial charge in [-0.2, -0.15) is 4.91 Å². The lowest BCUT2D eigenvalue weighted by Crippen LogP contribution is -2.60. The van der Waals surface area contributed by atoms with Gasteiger partial charge in [0.05, 0.1) is 17.4 Å². The second-order valence-corrected chi connectivity index (χ2v) is 12.2. The highest BCUT2D eigenvalue weighted by Crippen LogP contribution is 2.42. The van der Waals surface area contributed by atoms with Gasteiger partial charge in [-0.1, -0.05) is 35.5 Å². The summed E-state index contributed by atoms with van der Waals surface area (Å²) in [6.07, 6.45) is 2.35. The van der Waals surface area contributed by atoms with Crippen molar-refractivity contribution in [1.29, 1.82) is 0 Å². The predicted molar refractivity (Wildman–Crippen MR) is 158 cm³/mol. The molecule has 0 aliphatic carbocycles. The number of benzene rings is 2. The van der Waals surface area contributed by atoms with E-state index in [-0.39, 0.29) is 24.1 Å². The molecule has 2 unspecified atom stereocenters. The van der Waals surface area contributed by atoms with Gasteiger partial charge in [0, 0.05) is 38.3 Å². The third kappa shape index (κ3) is 6.46. The summed E-state index contributed by atoms with van der Waals surface area (Å²) < 4.78 is 5.74.